The number of nitrogens with two attached hydrogens (primary N) is 1. The minimum absolute atomic E-state index is 0.468. The Morgan fingerprint density at radius 2 is 1.95 bits per heavy atom. The highest BCUT2D eigenvalue weighted by Gasteiger charge is 2.15. The predicted octanol–water partition coefficient (Wildman–Crippen LogP) is 3.53. The van der Waals surface area contributed by atoms with Crippen LogP contribution in [0.2, 0.25) is 0 Å². The highest BCUT2D eigenvalue weighted by atomic mass is 16.1. The number of carbonyl (C=O) groups is 1. The van der Waals surface area contributed by atoms with Crippen LogP contribution in [0.4, 0.5) is 5.82 Å². The molecule has 0 bridgehead atoms. The lowest BCUT2D eigenvalue weighted by Crippen LogP contribution is -2.05. The molecule has 1 heterocycles. The van der Waals surface area contributed by atoms with Crippen LogP contribution in [0.5, 0.6) is 0 Å². The second-order valence-electron chi connectivity index (χ2n) is 4.92. The SMILES string of the molecule is CCCCCCn1nc(-c2ccccc2)c(C=O)c1N. The third-order valence-electron chi connectivity index (χ3n) is 3.42. The van der Waals surface area contributed by atoms with E-state index in [-0.39, 0.29) is 0 Å². The van der Waals surface area contributed by atoms with Crippen LogP contribution in [0, 0.1) is 0 Å². The fourth-order valence-electron chi connectivity index (χ4n) is 2.27. The van der Waals surface area contributed by atoms with Crippen molar-refractivity contribution in [2.45, 2.75) is 39.2 Å². The number of benzene rings is 1. The van der Waals surface area contributed by atoms with Crippen molar-refractivity contribution in [1.29, 1.82) is 0 Å². The molecule has 4 nitrogen and oxygen atoms in total. The van der Waals surface area contributed by atoms with Gasteiger partial charge in [-0.2, -0.15) is 5.10 Å². The molecule has 0 saturated heterocycles. The van der Waals surface area contributed by atoms with Gasteiger partial charge >= 0.3 is 0 Å². The quantitative estimate of drug-likeness (QED) is 0.619. The molecule has 1 aromatic carbocycles. The van der Waals surface area contributed by atoms with E-state index in [1.165, 1.54) is 12.8 Å². The number of aldehydes is 1. The standard InChI is InChI=1S/C16H21N3O/c1-2-3-4-8-11-19-16(17)14(12-20)15(18-19)13-9-6-5-7-10-13/h5-7,9-10,12H,2-4,8,11,17H2,1H3. The average molecular weight is 271 g/mol. The maximum atomic E-state index is 11.3. The van der Waals surface area contributed by atoms with Gasteiger partial charge in [-0.05, 0) is 6.42 Å². The van der Waals surface area contributed by atoms with Crippen LogP contribution < -0.4 is 5.73 Å². The van der Waals surface area contributed by atoms with Gasteiger partial charge in [0.05, 0.1) is 5.56 Å². The maximum absolute atomic E-state index is 11.3. The predicted molar refractivity (Wildman–Crippen MR) is 81.6 cm³/mol. The van der Waals surface area contributed by atoms with Crippen molar-refractivity contribution in [3.8, 4) is 11.3 Å². The second-order valence-corrected chi connectivity index (χ2v) is 4.92. The summed E-state index contributed by atoms with van der Waals surface area (Å²) in [5.74, 6) is 0.468. The number of aryl methyl sites for hydroxylation is 1. The molecule has 106 valence electrons. The fourth-order valence-corrected chi connectivity index (χ4v) is 2.27. The first-order valence-electron chi connectivity index (χ1n) is 7.14. The summed E-state index contributed by atoms with van der Waals surface area (Å²) < 4.78 is 1.75. The van der Waals surface area contributed by atoms with Crippen molar-refractivity contribution < 1.29 is 4.79 Å². The normalized spacial score (nSPS) is 10.7. The van der Waals surface area contributed by atoms with Crippen molar-refractivity contribution in [1.82, 2.24) is 9.78 Å². The Bertz CT molecular complexity index is 561. The first kappa shape index (κ1) is 14.3. The Morgan fingerprint density at radius 3 is 2.60 bits per heavy atom. The number of aromatic nitrogens is 2. The molecule has 20 heavy (non-hydrogen) atoms. The van der Waals surface area contributed by atoms with Crippen LogP contribution in [0.15, 0.2) is 30.3 Å². The van der Waals surface area contributed by atoms with E-state index in [9.17, 15) is 4.79 Å². The molecule has 0 aliphatic rings. The molecule has 0 spiro atoms. The van der Waals surface area contributed by atoms with E-state index in [2.05, 4.69) is 12.0 Å². The number of hydrogen-bond donors (Lipinski definition) is 1. The molecule has 2 N–H and O–H groups in total. The molecule has 0 aliphatic carbocycles. The lowest BCUT2D eigenvalue weighted by molar-refractivity contribution is 0.112. The molecule has 0 radical (unpaired) electrons. The number of rotatable bonds is 7. The topological polar surface area (TPSA) is 60.9 Å². The third-order valence-corrected chi connectivity index (χ3v) is 3.42. The van der Waals surface area contributed by atoms with E-state index in [1.807, 2.05) is 30.3 Å². The molecular formula is C16H21N3O. The summed E-state index contributed by atoms with van der Waals surface area (Å²) in [6, 6.07) is 9.68. The van der Waals surface area contributed by atoms with E-state index in [1.54, 1.807) is 4.68 Å². The van der Waals surface area contributed by atoms with E-state index in [0.717, 1.165) is 31.2 Å². The molecule has 2 aromatic rings. The van der Waals surface area contributed by atoms with Crippen LogP contribution in [-0.4, -0.2) is 16.1 Å². The van der Waals surface area contributed by atoms with Gasteiger partial charge in [0.1, 0.15) is 11.5 Å². The highest BCUT2D eigenvalue weighted by Crippen LogP contribution is 2.25. The van der Waals surface area contributed by atoms with Crippen LogP contribution >= 0.6 is 0 Å². The molecule has 0 saturated carbocycles. The van der Waals surface area contributed by atoms with Crippen LogP contribution in [0.25, 0.3) is 11.3 Å². The molecule has 1 aromatic heterocycles. The Morgan fingerprint density at radius 1 is 1.20 bits per heavy atom. The van der Waals surface area contributed by atoms with Gasteiger partial charge in [-0.25, -0.2) is 4.68 Å². The van der Waals surface area contributed by atoms with Crippen LogP contribution in [0.3, 0.4) is 0 Å². The summed E-state index contributed by atoms with van der Waals surface area (Å²) in [5, 5.41) is 4.51. The van der Waals surface area contributed by atoms with Crippen molar-refractivity contribution >= 4 is 12.1 Å². The average Bonchev–Trinajstić information content (AvgIpc) is 2.81. The second kappa shape index (κ2) is 6.89. The Labute approximate surface area is 119 Å². The zero-order valence-corrected chi connectivity index (χ0v) is 11.9. The Balaban J connectivity index is 2.23. The van der Waals surface area contributed by atoms with Crippen LogP contribution in [0.1, 0.15) is 43.0 Å². The molecule has 0 unspecified atom stereocenters. The molecule has 0 aliphatic heterocycles. The molecule has 2 rings (SSSR count). The summed E-state index contributed by atoms with van der Waals surface area (Å²) in [7, 11) is 0. The lowest BCUT2D eigenvalue weighted by Gasteiger charge is -2.03. The first-order valence-corrected chi connectivity index (χ1v) is 7.14. The molecule has 4 heteroatoms. The van der Waals surface area contributed by atoms with Crippen LogP contribution in [-0.2, 0) is 6.54 Å². The zero-order chi connectivity index (χ0) is 14.4. The van der Waals surface area contributed by atoms with Gasteiger partial charge < -0.3 is 5.73 Å². The molecular weight excluding hydrogens is 250 g/mol. The Kier molecular flexibility index (Phi) is 4.93. The summed E-state index contributed by atoms with van der Waals surface area (Å²) in [4.78, 5) is 11.3. The third kappa shape index (κ3) is 3.07. The number of nitrogens with zero attached hydrogens (tertiary/aromatic N) is 2. The van der Waals surface area contributed by atoms with E-state index in [0.29, 0.717) is 17.1 Å². The summed E-state index contributed by atoms with van der Waals surface area (Å²) >= 11 is 0. The minimum atomic E-state index is 0.468. The summed E-state index contributed by atoms with van der Waals surface area (Å²) in [6.45, 7) is 2.94. The smallest absolute Gasteiger partial charge is 0.156 e. The number of hydrogen-bond acceptors (Lipinski definition) is 3. The number of unbranched alkanes of at least 4 members (excludes halogenated alkanes) is 3. The van der Waals surface area contributed by atoms with E-state index in [4.69, 9.17) is 5.73 Å². The van der Waals surface area contributed by atoms with Gasteiger partial charge in [0.25, 0.3) is 0 Å². The monoisotopic (exact) mass is 271 g/mol. The summed E-state index contributed by atoms with van der Waals surface area (Å²) in [5.41, 5.74) is 8.13. The summed E-state index contributed by atoms with van der Waals surface area (Å²) in [6.07, 6.45) is 5.41. The van der Waals surface area contributed by atoms with E-state index >= 15 is 0 Å². The zero-order valence-electron chi connectivity index (χ0n) is 11.9. The van der Waals surface area contributed by atoms with Crippen molar-refractivity contribution in [3.63, 3.8) is 0 Å². The van der Waals surface area contributed by atoms with Gasteiger partial charge in [0.15, 0.2) is 6.29 Å². The number of anilines is 1. The molecule has 0 amide bonds. The number of carbonyl (C=O) groups excluding carboxylic acids is 1. The minimum Gasteiger partial charge on any atom is -0.383 e. The van der Waals surface area contributed by atoms with Gasteiger partial charge in [-0.1, -0.05) is 56.5 Å². The largest absolute Gasteiger partial charge is 0.383 e. The van der Waals surface area contributed by atoms with Crippen molar-refractivity contribution in [2.75, 3.05) is 5.73 Å². The van der Waals surface area contributed by atoms with Crippen molar-refractivity contribution in [2.24, 2.45) is 0 Å². The van der Waals surface area contributed by atoms with Gasteiger partial charge in [0.2, 0.25) is 0 Å². The van der Waals surface area contributed by atoms with Crippen molar-refractivity contribution in [3.05, 3.63) is 35.9 Å². The highest BCUT2D eigenvalue weighted by molar-refractivity contribution is 5.91. The lowest BCUT2D eigenvalue weighted by atomic mass is 10.1. The number of nitrogen functional groups attached to an aromatic ring is 1. The fraction of sp³-hybridized carbons (Fsp3) is 0.375. The van der Waals surface area contributed by atoms with Gasteiger partial charge in [-0.3, -0.25) is 4.79 Å². The maximum Gasteiger partial charge on any atom is 0.156 e. The molecule has 0 atom stereocenters. The van der Waals surface area contributed by atoms with Gasteiger partial charge in [-0.15, -0.1) is 0 Å². The van der Waals surface area contributed by atoms with Gasteiger partial charge in [0, 0.05) is 12.1 Å². The Hall–Kier alpha value is -2.10. The van der Waals surface area contributed by atoms with E-state index < -0.39 is 0 Å². The first-order chi connectivity index (χ1) is 9.77. The molecule has 0 fully saturated rings.